The third-order valence-corrected chi connectivity index (χ3v) is 9.35. The molecule has 3 rings (SSSR count). The maximum absolute atomic E-state index is 13.5. The summed E-state index contributed by atoms with van der Waals surface area (Å²) in [4.78, 5) is 148. The number of aromatic nitrogens is 6. The van der Waals surface area contributed by atoms with Crippen LogP contribution in [0, 0.1) is 5.92 Å². The predicted molar refractivity (Wildman–Crippen MR) is 224 cm³/mol. The molecule has 0 saturated heterocycles. The van der Waals surface area contributed by atoms with Gasteiger partial charge in [0.25, 0.3) is 0 Å². The van der Waals surface area contributed by atoms with E-state index in [1.54, 1.807) is 13.8 Å². The molecule has 28 heteroatoms. The van der Waals surface area contributed by atoms with Gasteiger partial charge in [0.05, 0.1) is 51.1 Å². The Bertz CT molecular complexity index is 2070. The van der Waals surface area contributed by atoms with Crippen molar-refractivity contribution in [2.75, 3.05) is 25.4 Å². The van der Waals surface area contributed by atoms with Crippen LogP contribution in [0.15, 0.2) is 37.6 Å². The average molecular weight is 917 g/mol. The Kier molecular flexibility index (Phi) is 20.4. The molecule has 0 aliphatic carbocycles. The average Bonchev–Trinajstić information content (AvgIpc) is 4.07. The zero-order chi connectivity index (χ0) is 47.3. The monoisotopic (exact) mass is 916 g/mol. The van der Waals surface area contributed by atoms with Crippen LogP contribution in [0.25, 0.3) is 0 Å². The van der Waals surface area contributed by atoms with E-state index in [4.69, 9.17) is 11.5 Å². The van der Waals surface area contributed by atoms with Crippen molar-refractivity contribution in [3.8, 4) is 0 Å². The molecule has 6 atom stereocenters. The highest BCUT2D eigenvalue weighted by Gasteiger charge is 2.32. The summed E-state index contributed by atoms with van der Waals surface area (Å²) in [6.07, 6.45) is 6.90. The first kappa shape index (κ1) is 51.0. The zero-order valence-corrected chi connectivity index (χ0v) is 35.5. The van der Waals surface area contributed by atoms with Gasteiger partial charge >= 0.3 is 5.97 Å². The fourth-order valence-corrected chi connectivity index (χ4v) is 5.79. The van der Waals surface area contributed by atoms with E-state index in [9.17, 15) is 53.1 Å². The van der Waals surface area contributed by atoms with Crippen LogP contribution in [-0.4, -0.2) is 156 Å². The maximum atomic E-state index is 13.5. The number of carboxylic acid groups (broad SMARTS) is 1. The number of carboxylic acids is 1. The number of primary amides is 1. The number of H-pyrrole nitrogens is 3. The standard InChI is InChI=1S/C36H52N16O11S/c1-17(2)30(35(61)51-25(36(62)63)5-20-9-41-16-47-20)52-29(56)12-44-33(59)23(4-19-8-40-15-46-19)50-34(60)24(6-26(38)53)49-28(55)11-43-32(58)22(3-18-7-39-14-45-18)48-27(54)10-42-31(57)21(37)13-64/h7-9,14-17,21-25,30,64H,3-6,10-13,37H2,1-2H3,(H2,38,53)(H,39,45)(H,40,46)(H,41,47)(H,42,57)(H,43,58)(H,44,59)(H,48,54)(H,49,55)(H,50,60)(H,51,61)(H,52,56)(H,62,63)/t21-,22-,23-,24-,25-,30-/m0/s1. The predicted octanol–water partition coefficient (Wildman–Crippen LogP) is -6.47. The van der Waals surface area contributed by atoms with Crippen LogP contribution in [0.2, 0.25) is 0 Å². The molecule has 3 aromatic rings. The molecular weight excluding hydrogens is 865 g/mol. The van der Waals surface area contributed by atoms with E-state index in [1.807, 2.05) is 0 Å². The Hall–Kier alpha value is -7.36. The van der Waals surface area contributed by atoms with Crippen LogP contribution in [-0.2, 0) is 67.2 Å². The third kappa shape index (κ3) is 17.6. The summed E-state index contributed by atoms with van der Waals surface area (Å²) < 4.78 is 0. The summed E-state index contributed by atoms with van der Waals surface area (Å²) in [7, 11) is 0. The summed E-state index contributed by atoms with van der Waals surface area (Å²) in [6.45, 7) is 1.20. The van der Waals surface area contributed by atoms with Crippen molar-refractivity contribution in [1.82, 2.24) is 72.4 Å². The molecule has 0 unspecified atom stereocenters. The van der Waals surface area contributed by atoms with E-state index in [0.717, 1.165) is 0 Å². The molecule has 3 heterocycles. The number of amides is 9. The second-order valence-electron chi connectivity index (χ2n) is 14.4. The molecule has 0 aromatic carbocycles. The number of hydrogen-bond acceptors (Lipinski definition) is 15. The molecule has 0 aliphatic rings. The second-order valence-corrected chi connectivity index (χ2v) is 14.8. The van der Waals surface area contributed by atoms with E-state index in [2.05, 4.69) is 85.1 Å². The van der Waals surface area contributed by atoms with Gasteiger partial charge in [-0.25, -0.2) is 19.7 Å². The third-order valence-electron chi connectivity index (χ3n) is 8.96. The minimum atomic E-state index is -1.68. The van der Waals surface area contributed by atoms with Gasteiger partial charge in [0.2, 0.25) is 53.2 Å². The molecule has 0 fully saturated rings. The highest BCUT2D eigenvalue weighted by molar-refractivity contribution is 7.80. The first-order chi connectivity index (χ1) is 30.4. The van der Waals surface area contributed by atoms with Gasteiger partial charge in [0.15, 0.2) is 0 Å². The van der Waals surface area contributed by atoms with Gasteiger partial charge in [-0.2, -0.15) is 12.6 Å². The van der Waals surface area contributed by atoms with Crippen LogP contribution in [0.4, 0.5) is 0 Å². The van der Waals surface area contributed by atoms with Gasteiger partial charge in [-0.1, -0.05) is 13.8 Å². The zero-order valence-electron chi connectivity index (χ0n) is 34.6. The second kappa shape index (κ2) is 25.5. The molecule has 0 aliphatic heterocycles. The molecule has 27 nitrogen and oxygen atoms in total. The van der Waals surface area contributed by atoms with E-state index in [0.29, 0.717) is 17.1 Å². The van der Waals surface area contributed by atoms with Gasteiger partial charge < -0.3 is 74.1 Å². The van der Waals surface area contributed by atoms with Gasteiger partial charge in [-0.3, -0.25) is 43.2 Å². The van der Waals surface area contributed by atoms with Crippen molar-refractivity contribution in [2.24, 2.45) is 17.4 Å². The number of hydrogen-bond donors (Lipinski definition) is 15. The van der Waals surface area contributed by atoms with Gasteiger partial charge in [-0.05, 0) is 5.92 Å². The number of nitrogens with two attached hydrogens (primary N) is 2. The first-order valence-corrected chi connectivity index (χ1v) is 20.1. The molecule has 64 heavy (non-hydrogen) atoms. The number of nitrogens with one attached hydrogen (secondary N) is 11. The largest absolute Gasteiger partial charge is 0.480 e. The minimum Gasteiger partial charge on any atom is -0.480 e. The normalized spacial score (nSPS) is 13.7. The molecule has 3 aromatic heterocycles. The highest BCUT2D eigenvalue weighted by Crippen LogP contribution is 2.06. The van der Waals surface area contributed by atoms with Crippen molar-refractivity contribution < 1.29 is 53.1 Å². The Morgan fingerprint density at radius 1 is 0.594 bits per heavy atom. The summed E-state index contributed by atoms with van der Waals surface area (Å²) in [5, 5.41) is 28.6. The molecule has 0 saturated carbocycles. The summed E-state index contributed by atoms with van der Waals surface area (Å²) in [5.74, 6) is -9.77. The van der Waals surface area contributed by atoms with Crippen LogP contribution in [0.3, 0.4) is 0 Å². The summed E-state index contributed by atoms with van der Waals surface area (Å²) in [6, 6.07) is -7.99. The van der Waals surface area contributed by atoms with Crippen molar-refractivity contribution >= 4 is 71.8 Å². The van der Waals surface area contributed by atoms with Crippen molar-refractivity contribution in [2.45, 2.75) is 75.8 Å². The number of nitrogens with zero attached hydrogens (tertiary/aromatic N) is 3. The lowest BCUT2D eigenvalue weighted by atomic mass is 10.0. The number of imidazole rings is 3. The van der Waals surface area contributed by atoms with E-state index < -0.39 is 127 Å². The Labute approximate surface area is 369 Å². The van der Waals surface area contributed by atoms with Crippen molar-refractivity contribution in [3.63, 3.8) is 0 Å². The topological polar surface area (TPSA) is 425 Å². The van der Waals surface area contributed by atoms with Gasteiger partial charge in [0.1, 0.15) is 30.2 Å². The fraction of sp³-hybridized carbons (Fsp3) is 0.472. The Morgan fingerprint density at radius 2 is 1.00 bits per heavy atom. The van der Waals surface area contributed by atoms with Crippen molar-refractivity contribution in [3.05, 3.63) is 54.7 Å². The molecule has 0 radical (unpaired) electrons. The number of rotatable bonds is 27. The number of aliphatic carboxylic acids is 1. The lowest BCUT2D eigenvalue weighted by Crippen LogP contribution is -2.58. The van der Waals surface area contributed by atoms with Crippen LogP contribution in [0.1, 0.15) is 37.4 Å². The smallest absolute Gasteiger partial charge is 0.326 e. The summed E-state index contributed by atoms with van der Waals surface area (Å²) >= 11 is 3.93. The number of carbonyl (C=O) groups is 10. The lowest BCUT2D eigenvalue weighted by molar-refractivity contribution is -0.142. The van der Waals surface area contributed by atoms with Crippen LogP contribution >= 0.6 is 12.6 Å². The molecule has 348 valence electrons. The SMILES string of the molecule is CC(C)[C@H](NC(=O)CNC(=O)[C@H](Cc1cnc[nH]1)NC(=O)[C@H](CC(N)=O)NC(=O)CNC(=O)[C@H](Cc1cnc[nH]1)NC(=O)CNC(=O)[C@@H](N)CS)C(=O)N[C@@H](Cc1cnc[nH]1)C(=O)O. The van der Waals surface area contributed by atoms with Crippen molar-refractivity contribution in [1.29, 1.82) is 0 Å². The Balaban J connectivity index is 1.64. The van der Waals surface area contributed by atoms with Crippen LogP contribution in [0.5, 0.6) is 0 Å². The molecule has 0 spiro atoms. The summed E-state index contributed by atoms with van der Waals surface area (Å²) in [5.41, 5.74) is 12.2. The Morgan fingerprint density at radius 3 is 1.41 bits per heavy atom. The first-order valence-electron chi connectivity index (χ1n) is 19.5. The highest BCUT2D eigenvalue weighted by atomic mass is 32.1. The molecule has 0 bridgehead atoms. The van der Waals surface area contributed by atoms with E-state index in [1.165, 1.54) is 37.6 Å². The fourth-order valence-electron chi connectivity index (χ4n) is 5.62. The van der Waals surface area contributed by atoms with E-state index >= 15 is 0 Å². The molecular formula is C36H52N16O11S. The number of thiol groups is 1. The molecule has 9 amide bonds. The quantitative estimate of drug-likeness (QED) is 0.0316. The number of aromatic amines is 3. The van der Waals surface area contributed by atoms with Gasteiger partial charge in [-0.15, -0.1) is 0 Å². The maximum Gasteiger partial charge on any atom is 0.326 e. The van der Waals surface area contributed by atoms with Gasteiger partial charge in [0, 0.05) is 60.7 Å². The molecule has 16 N–H and O–H groups in total. The minimum absolute atomic E-state index is 0.0165. The number of carbonyl (C=O) groups excluding carboxylic acids is 9. The lowest BCUT2D eigenvalue weighted by Gasteiger charge is -2.25. The van der Waals surface area contributed by atoms with Crippen LogP contribution < -0.4 is 54.0 Å². The van der Waals surface area contributed by atoms with E-state index in [-0.39, 0.29) is 25.0 Å².